The first kappa shape index (κ1) is 16.2. The monoisotopic (exact) mass is 303 g/mol. The summed E-state index contributed by atoms with van der Waals surface area (Å²) < 4.78 is 6.53. The molecule has 0 aromatic carbocycles. The van der Waals surface area contributed by atoms with Gasteiger partial charge in [-0.1, -0.05) is 6.07 Å². The number of fused-ring (bicyclic) bond motifs is 1. The second kappa shape index (κ2) is 6.27. The Bertz CT molecular complexity index is 750. The Kier molecular flexibility index (Phi) is 4.61. The van der Waals surface area contributed by atoms with Gasteiger partial charge in [-0.05, 0) is 39.3 Å². The highest BCUT2D eigenvalue weighted by molar-refractivity contribution is 5.79. The van der Waals surface area contributed by atoms with E-state index in [4.69, 9.17) is 4.74 Å². The van der Waals surface area contributed by atoms with Crippen LogP contribution < -0.4 is 10.9 Å². The largest absolute Gasteiger partial charge is 0.465 e. The zero-order chi connectivity index (χ0) is 16.3. The number of carbonyl (C=O) groups excluding carboxylic acids is 1. The van der Waals surface area contributed by atoms with Crippen molar-refractivity contribution in [3.63, 3.8) is 0 Å². The highest BCUT2D eigenvalue weighted by Crippen LogP contribution is 2.09. The Balaban J connectivity index is 2.24. The third-order valence-electron chi connectivity index (χ3n) is 3.44. The summed E-state index contributed by atoms with van der Waals surface area (Å²) in [5, 5.41) is 3.09. The van der Waals surface area contributed by atoms with Crippen LogP contribution in [0.25, 0.3) is 5.65 Å². The van der Waals surface area contributed by atoms with Gasteiger partial charge in [0.2, 0.25) is 0 Å². The third kappa shape index (κ3) is 3.33. The van der Waals surface area contributed by atoms with E-state index >= 15 is 0 Å². The predicted molar refractivity (Wildman–Crippen MR) is 83.8 cm³/mol. The summed E-state index contributed by atoms with van der Waals surface area (Å²) in [6.45, 7) is 7.79. The SMILES string of the molecule is CCOC(=O)C(C)(C)NCc1cc(=O)n2cccc(C)c2n1. The van der Waals surface area contributed by atoms with Crippen molar-refractivity contribution in [2.75, 3.05) is 6.61 Å². The normalized spacial score (nSPS) is 11.6. The van der Waals surface area contributed by atoms with Gasteiger partial charge in [0.1, 0.15) is 11.2 Å². The van der Waals surface area contributed by atoms with Gasteiger partial charge in [0.05, 0.1) is 12.3 Å². The highest BCUT2D eigenvalue weighted by Gasteiger charge is 2.28. The van der Waals surface area contributed by atoms with Gasteiger partial charge in [-0.25, -0.2) is 4.98 Å². The Morgan fingerprint density at radius 1 is 1.45 bits per heavy atom. The Morgan fingerprint density at radius 3 is 2.86 bits per heavy atom. The van der Waals surface area contributed by atoms with Crippen LogP contribution in [0.4, 0.5) is 0 Å². The first-order valence-corrected chi connectivity index (χ1v) is 7.25. The van der Waals surface area contributed by atoms with E-state index in [1.165, 1.54) is 10.5 Å². The molecule has 0 atom stereocenters. The molecule has 0 bridgehead atoms. The van der Waals surface area contributed by atoms with Gasteiger partial charge in [-0.15, -0.1) is 0 Å². The second-order valence-electron chi connectivity index (χ2n) is 5.67. The fourth-order valence-corrected chi connectivity index (χ4v) is 2.09. The van der Waals surface area contributed by atoms with E-state index in [1.807, 2.05) is 19.1 Å². The summed E-state index contributed by atoms with van der Waals surface area (Å²) >= 11 is 0. The average molecular weight is 303 g/mol. The number of rotatable bonds is 5. The molecule has 0 aliphatic carbocycles. The first-order valence-electron chi connectivity index (χ1n) is 7.25. The molecule has 0 fully saturated rings. The molecule has 0 saturated heterocycles. The zero-order valence-corrected chi connectivity index (χ0v) is 13.3. The lowest BCUT2D eigenvalue weighted by molar-refractivity contribution is -0.149. The number of esters is 1. The molecule has 0 aliphatic heterocycles. The molecule has 22 heavy (non-hydrogen) atoms. The highest BCUT2D eigenvalue weighted by atomic mass is 16.5. The maximum absolute atomic E-state index is 12.1. The smallest absolute Gasteiger partial charge is 0.325 e. The molecular weight excluding hydrogens is 282 g/mol. The number of hydrogen-bond acceptors (Lipinski definition) is 5. The minimum atomic E-state index is -0.839. The van der Waals surface area contributed by atoms with Crippen LogP contribution in [0.1, 0.15) is 32.0 Å². The maximum atomic E-state index is 12.1. The van der Waals surface area contributed by atoms with Crippen LogP contribution in [0, 0.1) is 6.92 Å². The predicted octanol–water partition coefficient (Wildman–Crippen LogP) is 1.43. The molecule has 0 saturated carbocycles. The fourth-order valence-electron chi connectivity index (χ4n) is 2.09. The molecule has 0 unspecified atom stereocenters. The molecule has 6 heteroatoms. The number of pyridine rings is 1. The van der Waals surface area contributed by atoms with E-state index in [1.54, 1.807) is 27.0 Å². The van der Waals surface area contributed by atoms with Gasteiger partial charge in [-0.2, -0.15) is 0 Å². The maximum Gasteiger partial charge on any atom is 0.325 e. The fraction of sp³-hybridized carbons (Fsp3) is 0.438. The van der Waals surface area contributed by atoms with Crippen molar-refractivity contribution >= 4 is 11.6 Å². The van der Waals surface area contributed by atoms with Gasteiger partial charge in [0.15, 0.2) is 0 Å². The molecular formula is C16H21N3O3. The quantitative estimate of drug-likeness (QED) is 0.846. The lowest BCUT2D eigenvalue weighted by Gasteiger charge is -2.23. The first-order chi connectivity index (χ1) is 10.3. The molecule has 0 spiro atoms. The average Bonchev–Trinajstić information content (AvgIpc) is 2.47. The van der Waals surface area contributed by atoms with Crippen LogP contribution in [0.5, 0.6) is 0 Å². The Morgan fingerprint density at radius 2 is 2.18 bits per heavy atom. The molecule has 0 radical (unpaired) electrons. The van der Waals surface area contributed by atoms with Crippen LogP contribution in [0.15, 0.2) is 29.2 Å². The number of nitrogens with one attached hydrogen (secondary N) is 1. The minimum absolute atomic E-state index is 0.139. The van der Waals surface area contributed by atoms with E-state index in [9.17, 15) is 9.59 Å². The van der Waals surface area contributed by atoms with Gasteiger partial charge in [0, 0.05) is 18.8 Å². The zero-order valence-electron chi connectivity index (χ0n) is 13.3. The molecule has 0 amide bonds. The van der Waals surface area contributed by atoms with E-state index in [0.717, 1.165) is 5.56 Å². The second-order valence-corrected chi connectivity index (χ2v) is 5.67. The van der Waals surface area contributed by atoms with Gasteiger partial charge in [-0.3, -0.25) is 19.3 Å². The van der Waals surface area contributed by atoms with Crippen molar-refractivity contribution in [1.29, 1.82) is 0 Å². The van der Waals surface area contributed by atoms with Crippen LogP contribution in [0.3, 0.4) is 0 Å². The lowest BCUT2D eigenvalue weighted by Crippen LogP contribution is -2.47. The molecule has 6 nitrogen and oxygen atoms in total. The summed E-state index contributed by atoms with van der Waals surface area (Å²) in [4.78, 5) is 28.5. The molecule has 1 N–H and O–H groups in total. The molecule has 2 rings (SSSR count). The third-order valence-corrected chi connectivity index (χ3v) is 3.44. The number of hydrogen-bond donors (Lipinski definition) is 1. The van der Waals surface area contributed by atoms with E-state index in [0.29, 0.717) is 24.5 Å². The lowest BCUT2D eigenvalue weighted by atomic mass is 10.1. The minimum Gasteiger partial charge on any atom is -0.465 e. The molecule has 2 aromatic heterocycles. The van der Waals surface area contributed by atoms with Crippen molar-refractivity contribution in [1.82, 2.24) is 14.7 Å². The van der Waals surface area contributed by atoms with Gasteiger partial charge < -0.3 is 4.74 Å². The number of aryl methyl sites for hydroxylation is 1. The molecule has 2 aromatic rings. The molecule has 2 heterocycles. The molecule has 0 aliphatic rings. The standard InChI is InChI=1S/C16H21N3O3/c1-5-22-15(21)16(3,4)17-10-12-9-13(20)19-8-6-7-11(2)14(19)18-12/h6-9,17H,5,10H2,1-4H3. The Hall–Kier alpha value is -2.21. The van der Waals surface area contributed by atoms with E-state index in [-0.39, 0.29) is 11.5 Å². The Labute approximate surface area is 129 Å². The van der Waals surface area contributed by atoms with E-state index < -0.39 is 5.54 Å². The van der Waals surface area contributed by atoms with Crippen molar-refractivity contribution in [2.45, 2.75) is 39.8 Å². The van der Waals surface area contributed by atoms with Crippen LogP contribution in [-0.2, 0) is 16.1 Å². The van der Waals surface area contributed by atoms with Crippen LogP contribution >= 0.6 is 0 Å². The van der Waals surface area contributed by atoms with Gasteiger partial charge >= 0.3 is 5.97 Å². The number of ether oxygens (including phenoxy) is 1. The summed E-state index contributed by atoms with van der Waals surface area (Å²) in [7, 11) is 0. The van der Waals surface area contributed by atoms with Crippen molar-refractivity contribution in [3.8, 4) is 0 Å². The van der Waals surface area contributed by atoms with Crippen molar-refractivity contribution < 1.29 is 9.53 Å². The topological polar surface area (TPSA) is 72.7 Å². The van der Waals surface area contributed by atoms with Gasteiger partial charge in [0.25, 0.3) is 5.56 Å². The van der Waals surface area contributed by atoms with Crippen LogP contribution in [0.2, 0.25) is 0 Å². The number of carbonyl (C=O) groups is 1. The van der Waals surface area contributed by atoms with Crippen LogP contribution in [-0.4, -0.2) is 27.5 Å². The number of aromatic nitrogens is 2. The van der Waals surface area contributed by atoms with Crippen molar-refractivity contribution in [2.24, 2.45) is 0 Å². The molecule has 118 valence electrons. The number of nitrogens with zero attached hydrogens (tertiary/aromatic N) is 2. The summed E-state index contributed by atoms with van der Waals surface area (Å²) in [6.07, 6.45) is 1.69. The summed E-state index contributed by atoms with van der Waals surface area (Å²) in [6, 6.07) is 5.19. The van der Waals surface area contributed by atoms with E-state index in [2.05, 4.69) is 10.3 Å². The summed E-state index contributed by atoms with van der Waals surface area (Å²) in [5.41, 5.74) is 1.16. The van der Waals surface area contributed by atoms with Crippen molar-refractivity contribution in [3.05, 3.63) is 46.0 Å². The summed E-state index contributed by atoms with van der Waals surface area (Å²) in [5.74, 6) is -0.330.